The molecule has 1 saturated carbocycles. The minimum absolute atomic E-state index is 0.0749. The summed E-state index contributed by atoms with van der Waals surface area (Å²) in [5.74, 6) is 0.399. The van der Waals surface area contributed by atoms with Crippen LogP contribution in [0, 0.1) is 0 Å². The fourth-order valence-corrected chi connectivity index (χ4v) is 2.62. The molecule has 1 aromatic carbocycles. The van der Waals surface area contributed by atoms with Crippen molar-refractivity contribution in [2.75, 3.05) is 0 Å². The van der Waals surface area contributed by atoms with Crippen molar-refractivity contribution in [1.82, 2.24) is 5.32 Å². The van der Waals surface area contributed by atoms with E-state index in [0.717, 1.165) is 25.8 Å². The van der Waals surface area contributed by atoms with E-state index >= 15 is 0 Å². The summed E-state index contributed by atoms with van der Waals surface area (Å²) in [5.41, 5.74) is 1.36. The molecule has 0 bridgehead atoms. The van der Waals surface area contributed by atoms with Gasteiger partial charge in [-0.2, -0.15) is 0 Å². The van der Waals surface area contributed by atoms with Crippen molar-refractivity contribution < 1.29 is 4.79 Å². The molecule has 0 aliphatic heterocycles. The Hall–Kier alpha value is -1.41. The van der Waals surface area contributed by atoms with Crippen LogP contribution < -0.4 is 5.32 Å². The van der Waals surface area contributed by atoms with Crippen molar-refractivity contribution >= 4 is 5.78 Å². The Morgan fingerprint density at radius 3 is 2.50 bits per heavy atom. The van der Waals surface area contributed by atoms with Crippen molar-refractivity contribution in [3.63, 3.8) is 0 Å². The van der Waals surface area contributed by atoms with Crippen LogP contribution in [0.15, 0.2) is 43.0 Å². The summed E-state index contributed by atoms with van der Waals surface area (Å²) in [4.78, 5) is 11.4. The van der Waals surface area contributed by atoms with Crippen molar-refractivity contribution in [3.8, 4) is 0 Å². The highest BCUT2D eigenvalue weighted by Gasteiger charge is 2.32. The highest BCUT2D eigenvalue weighted by Crippen LogP contribution is 2.30. The molecule has 2 rings (SSSR count). The Morgan fingerprint density at radius 1 is 1.22 bits per heavy atom. The van der Waals surface area contributed by atoms with Crippen molar-refractivity contribution in [1.29, 1.82) is 0 Å². The van der Waals surface area contributed by atoms with Gasteiger partial charge in [-0.15, -0.1) is 6.58 Å². The van der Waals surface area contributed by atoms with Gasteiger partial charge in [-0.05, 0) is 24.8 Å². The molecule has 0 saturated heterocycles. The molecule has 1 N–H and O–H groups in total. The van der Waals surface area contributed by atoms with E-state index in [2.05, 4.69) is 36.2 Å². The van der Waals surface area contributed by atoms with Crippen LogP contribution in [0.1, 0.15) is 37.7 Å². The van der Waals surface area contributed by atoms with Gasteiger partial charge < -0.3 is 5.32 Å². The van der Waals surface area contributed by atoms with Crippen LogP contribution in [0.3, 0.4) is 0 Å². The quantitative estimate of drug-likeness (QED) is 0.804. The SMILES string of the molecule is C=CCC1(NCc2ccccc2)CCC(=O)CC1. The molecule has 1 aliphatic rings. The molecule has 0 heterocycles. The molecular weight excluding hydrogens is 222 g/mol. The first kappa shape index (κ1) is 13.0. The number of carbonyl (C=O) groups excluding carboxylic acids is 1. The molecule has 18 heavy (non-hydrogen) atoms. The fraction of sp³-hybridized carbons (Fsp3) is 0.438. The van der Waals surface area contributed by atoms with Gasteiger partial charge in [-0.3, -0.25) is 4.79 Å². The van der Waals surface area contributed by atoms with Gasteiger partial charge >= 0.3 is 0 Å². The molecule has 0 unspecified atom stereocenters. The molecule has 2 heteroatoms. The molecular formula is C16H21NO. The van der Waals surface area contributed by atoms with E-state index in [1.165, 1.54) is 5.56 Å². The minimum atomic E-state index is 0.0749. The molecule has 1 fully saturated rings. The molecule has 0 spiro atoms. The summed E-state index contributed by atoms with van der Waals surface area (Å²) in [6, 6.07) is 10.4. The van der Waals surface area contributed by atoms with Crippen LogP contribution in [0.5, 0.6) is 0 Å². The zero-order chi connectivity index (χ0) is 12.8. The zero-order valence-electron chi connectivity index (χ0n) is 10.8. The lowest BCUT2D eigenvalue weighted by Crippen LogP contribution is -2.47. The lowest BCUT2D eigenvalue weighted by Gasteiger charge is -2.37. The first-order valence-electron chi connectivity index (χ1n) is 6.66. The van der Waals surface area contributed by atoms with E-state index in [0.29, 0.717) is 18.6 Å². The monoisotopic (exact) mass is 243 g/mol. The average Bonchev–Trinajstić information content (AvgIpc) is 2.41. The van der Waals surface area contributed by atoms with Crippen molar-refractivity contribution in [3.05, 3.63) is 48.6 Å². The summed E-state index contributed by atoms with van der Waals surface area (Å²) < 4.78 is 0. The van der Waals surface area contributed by atoms with Gasteiger partial charge in [-0.25, -0.2) is 0 Å². The number of hydrogen-bond acceptors (Lipinski definition) is 2. The van der Waals surface area contributed by atoms with Gasteiger partial charge in [0, 0.05) is 24.9 Å². The number of ketones is 1. The molecule has 0 aromatic heterocycles. The second-order valence-corrected chi connectivity index (χ2v) is 5.15. The second-order valence-electron chi connectivity index (χ2n) is 5.15. The third-order valence-corrected chi connectivity index (χ3v) is 3.81. The molecule has 0 radical (unpaired) electrons. The van der Waals surface area contributed by atoms with Gasteiger partial charge in [0.1, 0.15) is 5.78 Å². The number of benzene rings is 1. The van der Waals surface area contributed by atoms with Gasteiger partial charge in [0.05, 0.1) is 0 Å². The molecule has 1 aliphatic carbocycles. The van der Waals surface area contributed by atoms with E-state index in [4.69, 9.17) is 0 Å². The van der Waals surface area contributed by atoms with Crippen LogP contribution in [0.2, 0.25) is 0 Å². The Morgan fingerprint density at radius 2 is 1.89 bits per heavy atom. The van der Waals surface area contributed by atoms with Gasteiger partial charge in [0.2, 0.25) is 0 Å². The third-order valence-electron chi connectivity index (χ3n) is 3.81. The zero-order valence-corrected chi connectivity index (χ0v) is 10.8. The summed E-state index contributed by atoms with van der Waals surface area (Å²) in [5, 5.41) is 3.65. The van der Waals surface area contributed by atoms with E-state index < -0.39 is 0 Å². The summed E-state index contributed by atoms with van der Waals surface area (Å²) in [6.45, 7) is 4.71. The maximum Gasteiger partial charge on any atom is 0.133 e. The highest BCUT2D eigenvalue weighted by atomic mass is 16.1. The molecule has 96 valence electrons. The smallest absolute Gasteiger partial charge is 0.133 e. The Bertz CT molecular complexity index is 400. The Balaban J connectivity index is 1.98. The Kier molecular flexibility index (Phi) is 4.32. The Labute approximate surface area is 109 Å². The van der Waals surface area contributed by atoms with E-state index in [1.54, 1.807) is 0 Å². The van der Waals surface area contributed by atoms with Gasteiger partial charge in [0.25, 0.3) is 0 Å². The predicted molar refractivity (Wildman–Crippen MR) is 74.3 cm³/mol. The number of hydrogen-bond donors (Lipinski definition) is 1. The van der Waals surface area contributed by atoms with E-state index in [-0.39, 0.29) is 5.54 Å². The standard InChI is InChI=1S/C16H21NO/c1-2-10-16(11-8-15(18)9-12-16)17-13-14-6-4-3-5-7-14/h2-7,17H,1,8-13H2. The first-order chi connectivity index (χ1) is 8.74. The second kappa shape index (κ2) is 5.96. The van der Waals surface area contributed by atoms with Gasteiger partial charge in [0.15, 0.2) is 0 Å². The largest absolute Gasteiger partial charge is 0.307 e. The van der Waals surface area contributed by atoms with Crippen LogP contribution in [0.25, 0.3) is 0 Å². The molecule has 2 nitrogen and oxygen atoms in total. The van der Waals surface area contributed by atoms with Crippen molar-refractivity contribution in [2.24, 2.45) is 0 Å². The normalized spacial score (nSPS) is 18.6. The van der Waals surface area contributed by atoms with Gasteiger partial charge in [-0.1, -0.05) is 36.4 Å². The molecule has 0 atom stereocenters. The number of carbonyl (C=O) groups is 1. The topological polar surface area (TPSA) is 29.1 Å². The predicted octanol–water partition coefficient (Wildman–Crippen LogP) is 3.23. The van der Waals surface area contributed by atoms with E-state index in [1.807, 2.05) is 12.1 Å². The lowest BCUT2D eigenvalue weighted by molar-refractivity contribution is -0.121. The summed E-state index contributed by atoms with van der Waals surface area (Å²) in [6.07, 6.45) is 6.18. The highest BCUT2D eigenvalue weighted by molar-refractivity contribution is 5.79. The first-order valence-corrected chi connectivity index (χ1v) is 6.66. The summed E-state index contributed by atoms with van der Waals surface area (Å²) >= 11 is 0. The third kappa shape index (κ3) is 3.30. The fourth-order valence-electron chi connectivity index (χ4n) is 2.62. The summed E-state index contributed by atoms with van der Waals surface area (Å²) in [7, 11) is 0. The van der Waals surface area contributed by atoms with Crippen LogP contribution in [-0.4, -0.2) is 11.3 Å². The molecule has 1 aromatic rings. The van der Waals surface area contributed by atoms with E-state index in [9.17, 15) is 4.79 Å². The average molecular weight is 243 g/mol. The molecule has 0 amide bonds. The maximum absolute atomic E-state index is 11.4. The van der Waals surface area contributed by atoms with Crippen LogP contribution >= 0.6 is 0 Å². The lowest BCUT2D eigenvalue weighted by atomic mass is 9.78. The number of nitrogens with one attached hydrogen (secondary N) is 1. The minimum Gasteiger partial charge on any atom is -0.307 e. The van der Waals surface area contributed by atoms with Crippen LogP contribution in [-0.2, 0) is 11.3 Å². The van der Waals surface area contributed by atoms with Crippen molar-refractivity contribution in [2.45, 2.75) is 44.2 Å². The van der Waals surface area contributed by atoms with Crippen LogP contribution in [0.4, 0.5) is 0 Å². The number of rotatable bonds is 5. The number of Topliss-reactive ketones (excluding diaryl/α,β-unsaturated/α-hetero) is 1. The maximum atomic E-state index is 11.4.